The number of rotatable bonds is 2. The minimum atomic E-state index is 0.248. The number of H-pyrrole nitrogens is 1. The van der Waals surface area contributed by atoms with E-state index in [0.717, 1.165) is 17.8 Å². The van der Waals surface area contributed by atoms with Crippen LogP contribution in [0.4, 0.5) is 0 Å². The van der Waals surface area contributed by atoms with Crippen LogP contribution in [0.1, 0.15) is 57.8 Å². The van der Waals surface area contributed by atoms with Crippen molar-refractivity contribution in [3.63, 3.8) is 0 Å². The van der Waals surface area contributed by atoms with E-state index in [4.69, 9.17) is 5.73 Å². The van der Waals surface area contributed by atoms with Gasteiger partial charge in [0.1, 0.15) is 0 Å². The minimum absolute atomic E-state index is 0.248. The molecule has 0 saturated heterocycles. The smallest absolute Gasteiger partial charge is 0.0883 e. The number of nitrogens with one attached hydrogen (secondary N) is 1. The molecular weight excluding hydrogens is 210 g/mol. The molecule has 3 N–H and O–H groups in total. The Labute approximate surface area is 103 Å². The molecule has 1 aliphatic carbocycles. The summed E-state index contributed by atoms with van der Waals surface area (Å²) in [5, 5.41) is 7.43. The van der Waals surface area contributed by atoms with Gasteiger partial charge in [-0.3, -0.25) is 5.10 Å². The van der Waals surface area contributed by atoms with Gasteiger partial charge in [-0.2, -0.15) is 5.10 Å². The van der Waals surface area contributed by atoms with Crippen molar-refractivity contribution < 1.29 is 0 Å². The van der Waals surface area contributed by atoms with E-state index in [9.17, 15) is 0 Å². The molecule has 3 nitrogen and oxygen atoms in total. The average Bonchev–Trinajstić information content (AvgIpc) is 2.76. The first-order valence-electron chi connectivity index (χ1n) is 6.49. The molecule has 1 heterocycles. The van der Waals surface area contributed by atoms with Crippen molar-refractivity contribution in [2.45, 2.75) is 53.0 Å². The lowest BCUT2D eigenvalue weighted by Gasteiger charge is -2.29. The van der Waals surface area contributed by atoms with Crippen LogP contribution in [0, 0.1) is 5.41 Å². The quantitative estimate of drug-likeness (QED) is 0.824. The molecule has 0 amide bonds. The molecule has 1 aromatic rings. The summed E-state index contributed by atoms with van der Waals surface area (Å²) in [5.41, 5.74) is 11.0. The third-order valence-corrected chi connectivity index (χ3v) is 3.53. The summed E-state index contributed by atoms with van der Waals surface area (Å²) in [7, 11) is 0. The summed E-state index contributed by atoms with van der Waals surface area (Å²) in [6, 6.07) is 2.10. The molecule has 17 heavy (non-hydrogen) atoms. The molecule has 0 aliphatic heterocycles. The lowest BCUT2D eigenvalue weighted by Crippen LogP contribution is -2.15. The fourth-order valence-corrected chi connectivity index (χ4v) is 2.64. The van der Waals surface area contributed by atoms with Crippen LogP contribution in [0.25, 0.3) is 5.57 Å². The van der Waals surface area contributed by atoms with Gasteiger partial charge >= 0.3 is 0 Å². The van der Waals surface area contributed by atoms with Gasteiger partial charge in [0, 0.05) is 12.2 Å². The zero-order valence-electron chi connectivity index (χ0n) is 11.1. The Hall–Kier alpha value is -1.09. The van der Waals surface area contributed by atoms with Crippen molar-refractivity contribution in [3.05, 3.63) is 23.0 Å². The molecule has 0 fully saturated rings. The number of aromatic amines is 1. The van der Waals surface area contributed by atoms with Crippen LogP contribution in [-0.4, -0.2) is 10.2 Å². The third kappa shape index (κ3) is 2.60. The molecule has 0 bridgehead atoms. The van der Waals surface area contributed by atoms with Crippen LogP contribution >= 0.6 is 0 Å². The second kappa shape index (κ2) is 4.65. The van der Waals surface area contributed by atoms with Gasteiger partial charge in [0.15, 0.2) is 0 Å². The molecular formula is C14H23N3. The first-order chi connectivity index (χ1) is 8.02. The van der Waals surface area contributed by atoms with Crippen LogP contribution in [0.3, 0.4) is 0 Å². The van der Waals surface area contributed by atoms with E-state index in [1.807, 2.05) is 0 Å². The Morgan fingerprint density at radius 1 is 1.29 bits per heavy atom. The fourth-order valence-electron chi connectivity index (χ4n) is 2.64. The third-order valence-electron chi connectivity index (χ3n) is 3.53. The summed E-state index contributed by atoms with van der Waals surface area (Å²) < 4.78 is 0. The summed E-state index contributed by atoms with van der Waals surface area (Å²) in [6.07, 6.45) is 4.95. The van der Waals surface area contributed by atoms with Crippen molar-refractivity contribution in [1.82, 2.24) is 10.2 Å². The summed E-state index contributed by atoms with van der Waals surface area (Å²) in [4.78, 5) is 0. The van der Waals surface area contributed by atoms with E-state index in [-0.39, 0.29) is 5.41 Å². The van der Waals surface area contributed by atoms with Crippen molar-refractivity contribution in [1.29, 1.82) is 0 Å². The summed E-state index contributed by atoms with van der Waals surface area (Å²) in [5.74, 6) is 0. The predicted octanol–water partition coefficient (Wildman–Crippen LogP) is 3.24. The Morgan fingerprint density at radius 2 is 2.00 bits per heavy atom. The van der Waals surface area contributed by atoms with E-state index < -0.39 is 0 Å². The predicted molar refractivity (Wildman–Crippen MR) is 71.3 cm³/mol. The van der Waals surface area contributed by atoms with Crippen molar-refractivity contribution in [3.8, 4) is 0 Å². The highest BCUT2D eigenvalue weighted by Crippen LogP contribution is 2.41. The topological polar surface area (TPSA) is 54.7 Å². The van der Waals surface area contributed by atoms with Gasteiger partial charge in [-0.1, -0.05) is 26.3 Å². The lowest BCUT2D eigenvalue weighted by molar-refractivity contribution is 0.464. The number of aromatic nitrogens is 2. The summed E-state index contributed by atoms with van der Waals surface area (Å²) in [6.45, 7) is 7.42. The van der Waals surface area contributed by atoms with Gasteiger partial charge in [0.25, 0.3) is 0 Å². The minimum Gasteiger partial charge on any atom is -0.325 e. The first kappa shape index (κ1) is 12.4. The second-order valence-electron chi connectivity index (χ2n) is 5.90. The zero-order chi connectivity index (χ0) is 12.5. The molecule has 2 rings (SSSR count). The van der Waals surface area contributed by atoms with Crippen molar-refractivity contribution in [2.75, 3.05) is 0 Å². The molecule has 0 atom stereocenters. The molecule has 0 spiro atoms. The zero-order valence-corrected chi connectivity index (χ0v) is 11.1. The van der Waals surface area contributed by atoms with Gasteiger partial charge in [0.2, 0.25) is 0 Å². The fraction of sp³-hybridized carbons (Fsp3) is 0.643. The molecule has 0 unspecified atom stereocenters. The van der Waals surface area contributed by atoms with Crippen molar-refractivity contribution in [2.24, 2.45) is 11.1 Å². The molecule has 94 valence electrons. The standard InChI is InChI=1S/C14H23N3/c1-14(2,3)12-7-5-4-6-11(12)13-8-10(9-15)16-17-13/h8H,4-7,9,15H2,1-3H3,(H,16,17). The number of allylic oxidation sites excluding steroid dienone is 2. The Bertz CT molecular complexity index is 421. The monoisotopic (exact) mass is 233 g/mol. The highest BCUT2D eigenvalue weighted by Gasteiger charge is 2.25. The van der Waals surface area contributed by atoms with E-state index in [0.29, 0.717) is 6.54 Å². The largest absolute Gasteiger partial charge is 0.325 e. The van der Waals surface area contributed by atoms with E-state index >= 15 is 0 Å². The maximum Gasteiger partial charge on any atom is 0.0883 e. The maximum atomic E-state index is 5.63. The van der Waals surface area contributed by atoms with Gasteiger partial charge in [-0.05, 0) is 42.7 Å². The van der Waals surface area contributed by atoms with Crippen LogP contribution in [0.5, 0.6) is 0 Å². The Kier molecular flexibility index (Phi) is 3.38. The second-order valence-corrected chi connectivity index (χ2v) is 5.90. The van der Waals surface area contributed by atoms with Gasteiger partial charge in [-0.25, -0.2) is 0 Å². The van der Waals surface area contributed by atoms with Gasteiger partial charge in [0.05, 0.1) is 5.69 Å². The highest BCUT2D eigenvalue weighted by atomic mass is 15.1. The number of nitrogens with two attached hydrogens (primary N) is 1. The molecule has 1 aromatic heterocycles. The number of hydrogen-bond donors (Lipinski definition) is 2. The number of hydrogen-bond acceptors (Lipinski definition) is 2. The SMILES string of the molecule is CC(C)(C)C1=C(c2cc(CN)[nH]n2)CCCC1. The lowest BCUT2D eigenvalue weighted by atomic mass is 9.76. The van der Waals surface area contributed by atoms with Crippen LogP contribution < -0.4 is 5.73 Å². The molecule has 0 radical (unpaired) electrons. The number of nitrogens with zero attached hydrogens (tertiary/aromatic N) is 1. The molecule has 0 aromatic carbocycles. The highest BCUT2D eigenvalue weighted by molar-refractivity contribution is 5.68. The summed E-state index contributed by atoms with van der Waals surface area (Å²) >= 11 is 0. The average molecular weight is 233 g/mol. The maximum absolute atomic E-state index is 5.63. The first-order valence-corrected chi connectivity index (χ1v) is 6.49. The molecule has 0 saturated carbocycles. The van der Waals surface area contributed by atoms with Crippen LogP contribution in [0.2, 0.25) is 0 Å². The molecule has 1 aliphatic rings. The normalized spacial score (nSPS) is 17.6. The van der Waals surface area contributed by atoms with E-state index in [1.54, 1.807) is 5.57 Å². The van der Waals surface area contributed by atoms with Gasteiger partial charge < -0.3 is 5.73 Å². The van der Waals surface area contributed by atoms with E-state index in [1.165, 1.54) is 24.8 Å². The molecule has 3 heteroatoms. The van der Waals surface area contributed by atoms with Crippen LogP contribution in [-0.2, 0) is 6.54 Å². The van der Waals surface area contributed by atoms with Gasteiger partial charge in [-0.15, -0.1) is 0 Å². The van der Waals surface area contributed by atoms with Crippen molar-refractivity contribution >= 4 is 5.57 Å². The Balaban J connectivity index is 2.41. The van der Waals surface area contributed by atoms with Crippen LogP contribution in [0.15, 0.2) is 11.6 Å². The van der Waals surface area contributed by atoms with E-state index in [2.05, 4.69) is 37.0 Å². The Morgan fingerprint density at radius 3 is 2.59 bits per heavy atom.